The van der Waals surface area contributed by atoms with E-state index in [1.807, 2.05) is 0 Å². The molecule has 0 unspecified atom stereocenters. The zero-order valence-corrected chi connectivity index (χ0v) is 13.1. The molecule has 0 radical (unpaired) electrons. The Kier molecular flexibility index (Phi) is 4.31. The van der Waals surface area contributed by atoms with E-state index in [1.165, 1.54) is 23.6 Å². The van der Waals surface area contributed by atoms with Crippen molar-refractivity contribution in [3.05, 3.63) is 17.2 Å². The summed E-state index contributed by atoms with van der Waals surface area (Å²) < 4.78 is 2.49. The third kappa shape index (κ3) is 3.37. The van der Waals surface area contributed by atoms with Crippen LogP contribution >= 0.6 is 0 Å². The lowest BCUT2D eigenvalue weighted by Gasteiger charge is -2.22. The average Bonchev–Trinajstić information content (AvgIpc) is 2.68. The average molecular weight is 264 g/mol. The van der Waals surface area contributed by atoms with E-state index in [-0.39, 0.29) is 5.41 Å². The van der Waals surface area contributed by atoms with Crippen LogP contribution in [0.1, 0.15) is 44.4 Å². The van der Waals surface area contributed by atoms with Crippen LogP contribution in [0.5, 0.6) is 0 Å². The maximum atomic E-state index is 4.91. The molecule has 0 saturated heterocycles. The molecule has 1 N–H and O–H groups in total. The number of aromatic nitrogens is 2. The Morgan fingerprint density at radius 3 is 2.68 bits per heavy atom. The van der Waals surface area contributed by atoms with Gasteiger partial charge in [-0.3, -0.25) is 0 Å². The van der Waals surface area contributed by atoms with Gasteiger partial charge >= 0.3 is 0 Å². The van der Waals surface area contributed by atoms with Crippen LogP contribution < -0.4 is 5.32 Å². The van der Waals surface area contributed by atoms with E-state index >= 15 is 0 Å². The highest BCUT2D eigenvalue weighted by Crippen LogP contribution is 2.26. The lowest BCUT2D eigenvalue weighted by atomic mass is 9.95. The van der Waals surface area contributed by atoms with Gasteiger partial charge in [-0.25, -0.2) is 4.98 Å². The SMILES string of the molecule is CN(C)CCCn1c(C(C)(C)C)nc2c1CCNC2. The fourth-order valence-electron chi connectivity index (χ4n) is 2.73. The smallest absolute Gasteiger partial charge is 0.114 e. The second-order valence-electron chi connectivity index (χ2n) is 6.81. The Bertz CT molecular complexity index is 426. The lowest BCUT2D eigenvalue weighted by Crippen LogP contribution is -2.26. The Labute approximate surface area is 117 Å². The molecule has 0 aromatic carbocycles. The minimum Gasteiger partial charge on any atom is -0.331 e. The molecule has 19 heavy (non-hydrogen) atoms. The highest BCUT2D eigenvalue weighted by molar-refractivity contribution is 5.23. The van der Waals surface area contributed by atoms with Crippen molar-refractivity contribution in [2.24, 2.45) is 0 Å². The van der Waals surface area contributed by atoms with Gasteiger partial charge in [0.05, 0.1) is 5.69 Å². The Morgan fingerprint density at radius 1 is 1.32 bits per heavy atom. The highest BCUT2D eigenvalue weighted by atomic mass is 15.1. The first-order chi connectivity index (χ1) is 8.89. The molecule has 0 atom stereocenters. The van der Waals surface area contributed by atoms with Gasteiger partial charge in [0.1, 0.15) is 5.82 Å². The summed E-state index contributed by atoms with van der Waals surface area (Å²) in [5, 5.41) is 3.42. The summed E-state index contributed by atoms with van der Waals surface area (Å²) in [5.74, 6) is 1.25. The number of imidazole rings is 1. The molecule has 0 fully saturated rings. The van der Waals surface area contributed by atoms with E-state index in [1.54, 1.807) is 0 Å². The molecule has 0 saturated carbocycles. The zero-order chi connectivity index (χ0) is 14.0. The van der Waals surface area contributed by atoms with Crippen molar-refractivity contribution in [2.45, 2.75) is 52.1 Å². The molecule has 0 bridgehead atoms. The number of hydrogen-bond donors (Lipinski definition) is 1. The highest BCUT2D eigenvalue weighted by Gasteiger charge is 2.26. The first-order valence-corrected chi connectivity index (χ1v) is 7.34. The monoisotopic (exact) mass is 264 g/mol. The van der Waals surface area contributed by atoms with E-state index < -0.39 is 0 Å². The second-order valence-corrected chi connectivity index (χ2v) is 6.81. The molecule has 0 spiro atoms. The van der Waals surface area contributed by atoms with Gasteiger partial charge in [-0.05, 0) is 27.1 Å². The van der Waals surface area contributed by atoms with E-state index in [0.29, 0.717) is 0 Å². The van der Waals surface area contributed by atoms with Gasteiger partial charge in [-0.1, -0.05) is 20.8 Å². The molecule has 2 heterocycles. The minimum absolute atomic E-state index is 0.120. The minimum atomic E-state index is 0.120. The van der Waals surface area contributed by atoms with Gasteiger partial charge in [0.25, 0.3) is 0 Å². The Morgan fingerprint density at radius 2 is 2.05 bits per heavy atom. The summed E-state index contributed by atoms with van der Waals surface area (Å²) in [6.45, 7) is 11.0. The van der Waals surface area contributed by atoms with Gasteiger partial charge in [0.2, 0.25) is 0 Å². The second kappa shape index (κ2) is 5.63. The Hall–Kier alpha value is -0.870. The lowest BCUT2D eigenvalue weighted by molar-refractivity contribution is 0.377. The number of nitrogens with zero attached hydrogens (tertiary/aromatic N) is 3. The van der Waals surface area contributed by atoms with Crippen molar-refractivity contribution >= 4 is 0 Å². The van der Waals surface area contributed by atoms with Crippen molar-refractivity contribution in [1.82, 2.24) is 19.8 Å². The van der Waals surface area contributed by atoms with Crippen molar-refractivity contribution in [3.8, 4) is 0 Å². The summed E-state index contributed by atoms with van der Waals surface area (Å²) in [4.78, 5) is 7.16. The van der Waals surface area contributed by atoms with Crippen LogP contribution in [0.2, 0.25) is 0 Å². The van der Waals surface area contributed by atoms with E-state index in [9.17, 15) is 0 Å². The third-order valence-electron chi connectivity index (χ3n) is 3.64. The normalized spacial score (nSPS) is 15.9. The zero-order valence-electron chi connectivity index (χ0n) is 13.1. The third-order valence-corrected chi connectivity index (χ3v) is 3.64. The van der Waals surface area contributed by atoms with Crippen LogP contribution in [0, 0.1) is 0 Å². The molecular formula is C15H28N4. The van der Waals surface area contributed by atoms with Crippen molar-refractivity contribution in [1.29, 1.82) is 0 Å². The fourth-order valence-corrected chi connectivity index (χ4v) is 2.73. The molecule has 0 aliphatic carbocycles. The molecule has 1 aromatic rings. The largest absolute Gasteiger partial charge is 0.331 e. The quantitative estimate of drug-likeness (QED) is 0.900. The predicted molar refractivity (Wildman–Crippen MR) is 79.5 cm³/mol. The van der Waals surface area contributed by atoms with Gasteiger partial charge in [-0.2, -0.15) is 0 Å². The summed E-state index contributed by atoms with van der Waals surface area (Å²) in [5.41, 5.74) is 2.85. The van der Waals surface area contributed by atoms with Crippen LogP contribution in [0.4, 0.5) is 0 Å². The van der Waals surface area contributed by atoms with E-state index in [0.717, 1.165) is 32.6 Å². The van der Waals surface area contributed by atoms with Crippen LogP contribution in [0.15, 0.2) is 0 Å². The molecule has 1 aliphatic rings. The first kappa shape index (κ1) is 14.5. The molecule has 1 aliphatic heterocycles. The first-order valence-electron chi connectivity index (χ1n) is 7.34. The predicted octanol–water partition coefficient (Wildman–Crippen LogP) is 1.78. The standard InChI is InChI=1S/C15H28N4/c1-15(2,3)14-17-12-11-16-8-7-13(12)19(14)10-6-9-18(4)5/h16H,6-11H2,1-5H3. The fraction of sp³-hybridized carbons (Fsp3) is 0.800. The molecule has 0 amide bonds. The van der Waals surface area contributed by atoms with Gasteiger partial charge in [0.15, 0.2) is 0 Å². The van der Waals surface area contributed by atoms with Crippen LogP contribution in [0.3, 0.4) is 0 Å². The van der Waals surface area contributed by atoms with Gasteiger partial charge in [-0.15, -0.1) is 0 Å². The summed E-state index contributed by atoms with van der Waals surface area (Å²) >= 11 is 0. The summed E-state index contributed by atoms with van der Waals surface area (Å²) in [6.07, 6.45) is 2.30. The number of rotatable bonds is 4. The maximum Gasteiger partial charge on any atom is 0.114 e. The van der Waals surface area contributed by atoms with Gasteiger partial charge < -0.3 is 14.8 Å². The number of fused-ring (bicyclic) bond motifs is 1. The summed E-state index contributed by atoms with van der Waals surface area (Å²) in [7, 11) is 4.27. The maximum absolute atomic E-state index is 4.91. The van der Waals surface area contributed by atoms with Crippen LogP contribution in [0.25, 0.3) is 0 Å². The summed E-state index contributed by atoms with van der Waals surface area (Å²) in [6, 6.07) is 0. The van der Waals surface area contributed by atoms with Crippen molar-refractivity contribution in [2.75, 3.05) is 27.2 Å². The van der Waals surface area contributed by atoms with Crippen LogP contribution in [-0.2, 0) is 24.9 Å². The molecular weight excluding hydrogens is 236 g/mol. The van der Waals surface area contributed by atoms with E-state index in [4.69, 9.17) is 4.98 Å². The number of nitrogens with one attached hydrogen (secondary N) is 1. The van der Waals surface area contributed by atoms with Crippen LogP contribution in [-0.4, -0.2) is 41.6 Å². The molecule has 4 nitrogen and oxygen atoms in total. The molecule has 108 valence electrons. The molecule has 2 rings (SSSR count). The molecule has 1 aromatic heterocycles. The van der Waals surface area contributed by atoms with E-state index in [2.05, 4.69) is 49.7 Å². The molecule has 4 heteroatoms. The number of hydrogen-bond acceptors (Lipinski definition) is 3. The van der Waals surface area contributed by atoms with Crippen molar-refractivity contribution < 1.29 is 0 Å². The Balaban J connectivity index is 2.25. The topological polar surface area (TPSA) is 33.1 Å². The van der Waals surface area contributed by atoms with Crippen molar-refractivity contribution in [3.63, 3.8) is 0 Å². The van der Waals surface area contributed by atoms with Gasteiger partial charge in [0, 0.05) is 37.2 Å².